The standard InChI is InChI=1S/C23H29N3O5S/c1-14(2)21(25-22(27)16-7-5-15(3)6-8-16)23(28)24-19-13-18(11-12-20(19)31-4)32(29,30)26-17-9-10-17/h5-8,11-14,17,21,26H,9-10H2,1-4H3,(H,24,28)(H,25,27). The van der Waals surface area contributed by atoms with Crippen LogP contribution in [0.15, 0.2) is 47.4 Å². The van der Waals surface area contributed by atoms with E-state index in [-0.39, 0.29) is 28.4 Å². The zero-order valence-corrected chi connectivity index (χ0v) is 19.5. The van der Waals surface area contributed by atoms with Gasteiger partial charge < -0.3 is 15.4 Å². The highest BCUT2D eigenvalue weighted by Crippen LogP contribution is 2.29. The van der Waals surface area contributed by atoms with Crippen LogP contribution < -0.4 is 20.1 Å². The van der Waals surface area contributed by atoms with Crippen LogP contribution >= 0.6 is 0 Å². The maximum Gasteiger partial charge on any atom is 0.251 e. The highest BCUT2D eigenvalue weighted by atomic mass is 32.2. The molecule has 3 rings (SSSR count). The molecule has 3 N–H and O–H groups in total. The fraction of sp³-hybridized carbons (Fsp3) is 0.391. The second-order valence-electron chi connectivity index (χ2n) is 8.31. The summed E-state index contributed by atoms with van der Waals surface area (Å²) in [7, 11) is -2.27. The van der Waals surface area contributed by atoms with E-state index in [4.69, 9.17) is 4.74 Å². The molecule has 1 unspecified atom stereocenters. The number of nitrogens with one attached hydrogen (secondary N) is 3. The third kappa shape index (κ3) is 5.86. The van der Waals surface area contributed by atoms with Crippen molar-refractivity contribution >= 4 is 27.5 Å². The third-order valence-electron chi connectivity index (χ3n) is 5.19. The fourth-order valence-electron chi connectivity index (χ4n) is 3.12. The second-order valence-corrected chi connectivity index (χ2v) is 10.0. The van der Waals surface area contributed by atoms with Gasteiger partial charge in [-0.2, -0.15) is 0 Å². The Morgan fingerprint density at radius 1 is 1.06 bits per heavy atom. The molecule has 1 atom stereocenters. The predicted molar refractivity (Wildman–Crippen MR) is 122 cm³/mol. The average Bonchev–Trinajstić information content (AvgIpc) is 3.55. The third-order valence-corrected chi connectivity index (χ3v) is 6.71. The first-order chi connectivity index (χ1) is 15.1. The molecule has 0 bridgehead atoms. The van der Waals surface area contributed by atoms with Crippen molar-refractivity contribution in [2.75, 3.05) is 12.4 Å². The highest BCUT2D eigenvalue weighted by Gasteiger charge is 2.29. The number of methoxy groups -OCH3 is 1. The summed E-state index contributed by atoms with van der Waals surface area (Å²) >= 11 is 0. The van der Waals surface area contributed by atoms with Crippen molar-refractivity contribution in [1.29, 1.82) is 0 Å². The van der Waals surface area contributed by atoms with Crippen LogP contribution in [-0.4, -0.2) is 39.4 Å². The number of carbonyl (C=O) groups excluding carboxylic acids is 2. The SMILES string of the molecule is COc1ccc(S(=O)(=O)NC2CC2)cc1NC(=O)C(NC(=O)c1ccc(C)cc1)C(C)C. The molecule has 1 aliphatic rings. The maximum atomic E-state index is 13.0. The number of ether oxygens (including phenoxy) is 1. The van der Waals surface area contributed by atoms with Crippen LogP contribution in [0.2, 0.25) is 0 Å². The predicted octanol–water partition coefficient (Wildman–Crippen LogP) is 2.84. The van der Waals surface area contributed by atoms with Gasteiger partial charge in [0.25, 0.3) is 5.91 Å². The van der Waals surface area contributed by atoms with E-state index in [1.165, 1.54) is 25.3 Å². The number of sulfonamides is 1. The quantitative estimate of drug-likeness (QED) is 0.534. The van der Waals surface area contributed by atoms with E-state index >= 15 is 0 Å². The Morgan fingerprint density at radius 3 is 2.28 bits per heavy atom. The van der Waals surface area contributed by atoms with Gasteiger partial charge in [0.2, 0.25) is 15.9 Å². The lowest BCUT2D eigenvalue weighted by Crippen LogP contribution is -2.47. The summed E-state index contributed by atoms with van der Waals surface area (Å²) in [6.07, 6.45) is 1.63. The molecule has 0 saturated heterocycles. The van der Waals surface area contributed by atoms with E-state index in [1.54, 1.807) is 12.1 Å². The topological polar surface area (TPSA) is 114 Å². The van der Waals surface area contributed by atoms with Crippen molar-refractivity contribution in [1.82, 2.24) is 10.0 Å². The molecule has 2 aromatic carbocycles. The molecule has 0 heterocycles. The first kappa shape index (κ1) is 23.7. The van der Waals surface area contributed by atoms with E-state index in [0.717, 1.165) is 18.4 Å². The monoisotopic (exact) mass is 459 g/mol. The smallest absolute Gasteiger partial charge is 0.251 e. The molecular formula is C23H29N3O5S. The van der Waals surface area contributed by atoms with Crippen molar-refractivity contribution in [2.45, 2.75) is 50.6 Å². The average molecular weight is 460 g/mol. The number of amides is 2. The Labute approximate surface area is 188 Å². The van der Waals surface area contributed by atoms with Crippen molar-refractivity contribution in [3.63, 3.8) is 0 Å². The van der Waals surface area contributed by atoms with Gasteiger partial charge in [-0.1, -0.05) is 31.5 Å². The van der Waals surface area contributed by atoms with Crippen LogP contribution in [0.3, 0.4) is 0 Å². The van der Waals surface area contributed by atoms with Crippen LogP contribution in [0, 0.1) is 12.8 Å². The van der Waals surface area contributed by atoms with E-state index in [2.05, 4.69) is 15.4 Å². The Morgan fingerprint density at radius 2 is 1.72 bits per heavy atom. The minimum Gasteiger partial charge on any atom is -0.495 e. The van der Waals surface area contributed by atoms with Gasteiger partial charge in [-0.15, -0.1) is 0 Å². The number of hydrogen-bond acceptors (Lipinski definition) is 5. The molecule has 1 fully saturated rings. The summed E-state index contributed by atoms with van der Waals surface area (Å²) in [5, 5.41) is 5.49. The molecule has 0 radical (unpaired) electrons. The molecule has 0 aliphatic heterocycles. The van der Waals surface area contributed by atoms with Gasteiger partial charge in [0.1, 0.15) is 11.8 Å². The van der Waals surface area contributed by atoms with Crippen molar-refractivity contribution in [3.8, 4) is 5.75 Å². The zero-order chi connectivity index (χ0) is 23.5. The summed E-state index contributed by atoms with van der Waals surface area (Å²) in [5.41, 5.74) is 1.69. The van der Waals surface area contributed by atoms with Crippen LogP contribution in [0.25, 0.3) is 0 Å². The molecule has 9 heteroatoms. The maximum absolute atomic E-state index is 13.0. The Bertz CT molecular complexity index is 1090. The van der Waals surface area contributed by atoms with Gasteiger partial charge in [-0.3, -0.25) is 9.59 Å². The van der Waals surface area contributed by atoms with E-state index in [1.807, 2.05) is 32.9 Å². The van der Waals surface area contributed by atoms with Gasteiger partial charge in [-0.05, 0) is 56.0 Å². The number of hydrogen-bond donors (Lipinski definition) is 3. The normalized spacial score (nSPS) is 14.7. The molecule has 2 amide bonds. The van der Waals surface area contributed by atoms with E-state index < -0.39 is 22.0 Å². The minimum atomic E-state index is -3.70. The van der Waals surface area contributed by atoms with E-state index in [9.17, 15) is 18.0 Å². The first-order valence-electron chi connectivity index (χ1n) is 10.5. The van der Waals surface area contributed by atoms with Crippen molar-refractivity contribution in [3.05, 3.63) is 53.6 Å². The molecule has 1 saturated carbocycles. The summed E-state index contributed by atoms with van der Waals surface area (Å²) in [6.45, 7) is 5.56. The fourth-order valence-corrected chi connectivity index (χ4v) is 4.45. The minimum absolute atomic E-state index is 0.0327. The Hall–Kier alpha value is -2.91. The van der Waals surface area contributed by atoms with Crippen LogP contribution in [-0.2, 0) is 14.8 Å². The van der Waals surface area contributed by atoms with Gasteiger partial charge >= 0.3 is 0 Å². The van der Waals surface area contributed by atoms with Crippen molar-refractivity contribution < 1.29 is 22.7 Å². The lowest BCUT2D eigenvalue weighted by molar-refractivity contribution is -0.118. The van der Waals surface area contributed by atoms with E-state index in [0.29, 0.717) is 11.3 Å². The zero-order valence-electron chi connectivity index (χ0n) is 18.6. The van der Waals surface area contributed by atoms with Gasteiger partial charge in [0.05, 0.1) is 17.7 Å². The molecular weight excluding hydrogens is 430 g/mol. The number of carbonyl (C=O) groups is 2. The molecule has 1 aliphatic carbocycles. The summed E-state index contributed by atoms with van der Waals surface area (Å²) in [6, 6.07) is 10.5. The number of aryl methyl sites for hydroxylation is 1. The van der Waals surface area contributed by atoms with Crippen LogP contribution in [0.4, 0.5) is 5.69 Å². The molecule has 32 heavy (non-hydrogen) atoms. The molecule has 0 spiro atoms. The summed E-state index contributed by atoms with van der Waals surface area (Å²) < 4.78 is 33.0. The van der Waals surface area contributed by atoms with Crippen molar-refractivity contribution in [2.24, 2.45) is 5.92 Å². The molecule has 2 aromatic rings. The van der Waals surface area contributed by atoms with Gasteiger partial charge in [-0.25, -0.2) is 13.1 Å². The lowest BCUT2D eigenvalue weighted by atomic mass is 10.0. The molecule has 0 aromatic heterocycles. The Balaban J connectivity index is 1.80. The van der Waals surface area contributed by atoms with Gasteiger partial charge in [0, 0.05) is 11.6 Å². The largest absolute Gasteiger partial charge is 0.495 e. The second kappa shape index (κ2) is 9.70. The molecule has 172 valence electrons. The lowest BCUT2D eigenvalue weighted by Gasteiger charge is -2.22. The van der Waals surface area contributed by atoms with Gasteiger partial charge in [0.15, 0.2) is 0 Å². The number of rotatable bonds is 9. The Kier molecular flexibility index (Phi) is 7.20. The first-order valence-corrected chi connectivity index (χ1v) is 12.0. The highest BCUT2D eigenvalue weighted by molar-refractivity contribution is 7.89. The summed E-state index contributed by atoms with van der Waals surface area (Å²) in [5.74, 6) is -0.728. The number of anilines is 1. The van der Waals surface area contributed by atoms with Crippen LogP contribution in [0.1, 0.15) is 42.6 Å². The molecule has 8 nitrogen and oxygen atoms in total. The summed E-state index contributed by atoms with van der Waals surface area (Å²) in [4.78, 5) is 25.7. The number of benzene rings is 2. The van der Waals surface area contributed by atoms with Crippen LogP contribution in [0.5, 0.6) is 5.75 Å².